The standard InChI is InChI=1S/C18H24N4O5S/c1-21-17(25)22(18(26)28-21)12-13-8-10-14(11-9-13)19-15(23)6-4-2-3-5-7-16(24)20-27/h8-11,27H,2-7,12H2,1H3,(H,19,23)(H,20,24). The van der Waals surface area contributed by atoms with Gasteiger partial charge in [-0.3, -0.25) is 19.6 Å². The van der Waals surface area contributed by atoms with Gasteiger partial charge in [0.2, 0.25) is 11.8 Å². The summed E-state index contributed by atoms with van der Waals surface area (Å²) in [6, 6.07) is 7.02. The van der Waals surface area contributed by atoms with Crippen LogP contribution in [0.15, 0.2) is 33.9 Å². The Balaban J connectivity index is 1.74. The van der Waals surface area contributed by atoms with Crippen LogP contribution in [0, 0.1) is 0 Å². The molecule has 0 saturated carbocycles. The molecule has 0 unspecified atom stereocenters. The Hall–Kier alpha value is -2.72. The number of nitrogens with zero attached hydrogens (tertiary/aromatic N) is 2. The molecule has 10 heteroatoms. The molecule has 0 aliphatic rings. The lowest BCUT2D eigenvalue weighted by atomic mass is 10.1. The number of amides is 2. The predicted octanol–water partition coefficient (Wildman–Crippen LogP) is 1.44. The van der Waals surface area contributed by atoms with E-state index in [0.717, 1.165) is 36.4 Å². The molecule has 0 bridgehead atoms. The molecule has 28 heavy (non-hydrogen) atoms. The SMILES string of the molecule is Cn1sc(=O)n(Cc2ccc(NC(=O)CCCCCCC(=O)NO)cc2)c1=O. The van der Waals surface area contributed by atoms with Crippen molar-refractivity contribution in [3.05, 3.63) is 50.0 Å². The molecule has 152 valence electrons. The number of benzene rings is 1. The number of nitrogens with one attached hydrogen (secondary N) is 2. The lowest BCUT2D eigenvalue weighted by Crippen LogP contribution is -2.28. The first-order chi connectivity index (χ1) is 13.4. The fourth-order valence-corrected chi connectivity index (χ4v) is 3.32. The molecule has 0 aliphatic carbocycles. The van der Waals surface area contributed by atoms with Crippen molar-refractivity contribution < 1.29 is 14.8 Å². The van der Waals surface area contributed by atoms with E-state index in [1.165, 1.54) is 8.52 Å². The Morgan fingerprint density at radius 3 is 2.14 bits per heavy atom. The summed E-state index contributed by atoms with van der Waals surface area (Å²) in [5.74, 6) is -0.491. The third-order valence-electron chi connectivity index (χ3n) is 4.20. The summed E-state index contributed by atoms with van der Waals surface area (Å²) < 4.78 is 2.46. The van der Waals surface area contributed by atoms with Crippen LogP contribution < -0.4 is 21.4 Å². The number of rotatable bonds is 10. The highest BCUT2D eigenvalue weighted by molar-refractivity contribution is 7.03. The van der Waals surface area contributed by atoms with Gasteiger partial charge in [-0.1, -0.05) is 25.0 Å². The molecule has 0 radical (unpaired) electrons. The van der Waals surface area contributed by atoms with E-state index in [-0.39, 0.29) is 29.4 Å². The maximum Gasteiger partial charge on any atom is 0.341 e. The fourth-order valence-electron chi connectivity index (χ4n) is 2.67. The third kappa shape index (κ3) is 6.46. The van der Waals surface area contributed by atoms with Crippen LogP contribution in [0.4, 0.5) is 5.69 Å². The lowest BCUT2D eigenvalue weighted by molar-refractivity contribution is -0.129. The molecule has 0 aliphatic heterocycles. The Morgan fingerprint density at radius 1 is 1.00 bits per heavy atom. The minimum atomic E-state index is -0.398. The van der Waals surface area contributed by atoms with Gasteiger partial charge in [-0.05, 0) is 30.5 Å². The van der Waals surface area contributed by atoms with Crippen LogP contribution in [0.3, 0.4) is 0 Å². The number of carbonyl (C=O) groups is 2. The van der Waals surface area contributed by atoms with Crippen molar-refractivity contribution in [2.75, 3.05) is 5.32 Å². The van der Waals surface area contributed by atoms with Crippen LogP contribution in [0.1, 0.15) is 44.1 Å². The molecule has 9 nitrogen and oxygen atoms in total. The maximum absolute atomic E-state index is 12.0. The van der Waals surface area contributed by atoms with Gasteiger partial charge in [0.25, 0.3) is 0 Å². The van der Waals surface area contributed by atoms with Crippen LogP contribution in [0.2, 0.25) is 0 Å². The van der Waals surface area contributed by atoms with E-state index in [9.17, 15) is 19.2 Å². The first kappa shape index (κ1) is 21.6. The van der Waals surface area contributed by atoms with Crippen molar-refractivity contribution in [1.29, 1.82) is 0 Å². The van der Waals surface area contributed by atoms with Gasteiger partial charge in [-0.15, -0.1) is 0 Å². The van der Waals surface area contributed by atoms with Crippen molar-refractivity contribution in [1.82, 2.24) is 14.0 Å². The van der Waals surface area contributed by atoms with E-state index in [2.05, 4.69) is 5.32 Å². The second-order valence-electron chi connectivity index (χ2n) is 6.42. The van der Waals surface area contributed by atoms with Crippen LogP contribution in [-0.2, 0) is 23.2 Å². The smallest absolute Gasteiger partial charge is 0.326 e. The Kier molecular flexibility index (Phi) is 8.15. The van der Waals surface area contributed by atoms with Gasteiger partial charge in [-0.2, -0.15) is 0 Å². The molecule has 2 aromatic rings. The topological polar surface area (TPSA) is 122 Å². The Bertz CT molecular complexity index is 913. The van der Waals surface area contributed by atoms with Crippen LogP contribution in [0.5, 0.6) is 0 Å². The average molecular weight is 408 g/mol. The number of carbonyl (C=O) groups excluding carboxylic acids is 2. The monoisotopic (exact) mass is 408 g/mol. The largest absolute Gasteiger partial charge is 0.341 e. The molecule has 0 spiro atoms. The molecule has 2 rings (SSSR count). The van der Waals surface area contributed by atoms with Crippen LogP contribution >= 0.6 is 11.5 Å². The number of aromatic nitrogens is 2. The summed E-state index contributed by atoms with van der Waals surface area (Å²) in [4.78, 5) is 46.2. The first-order valence-electron chi connectivity index (χ1n) is 8.99. The number of hydrogen-bond donors (Lipinski definition) is 3. The van der Waals surface area contributed by atoms with Crippen LogP contribution in [0.25, 0.3) is 0 Å². The summed E-state index contributed by atoms with van der Waals surface area (Å²) in [5, 5.41) is 11.2. The van der Waals surface area contributed by atoms with Gasteiger partial charge in [0.1, 0.15) is 0 Å². The highest BCUT2D eigenvalue weighted by atomic mass is 32.1. The number of aryl methyl sites for hydroxylation is 1. The molecular weight excluding hydrogens is 384 g/mol. The van der Waals surface area contributed by atoms with E-state index in [1.807, 2.05) is 0 Å². The minimum Gasteiger partial charge on any atom is -0.326 e. The van der Waals surface area contributed by atoms with E-state index in [4.69, 9.17) is 5.21 Å². The summed E-state index contributed by atoms with van der Waals surface area (Å²) in [7, 11) is 1.55. The Morgan fingerprint density at radius 2 is 1.61 bits per heavy atom. The second kappa shape index (κ2) is 10.6. The fraction of sp³-hybridized carbons (Fsp3) is 0.444. The number of anilines is 1. The van der Waals surface area contributed by atoms with E-state index >= 15 is 0 Å². The number of hydrogen-bond acceptors (Lipinski definition) is 6. The molecule has 2 amide bonds. The molecule has 0 atom stereocenters. The molecule has 3 N–H and O–H groups in total. The van der Waals surface area contributed by atoms with Crippen molar-refractivity contribution in [3.8, 4) is 0 Å². The van der Waals surface area contributed by atoms with Gasteiger partial charge in [0.15, 0.2) is 0 Å². The second-order valence-corrected chi connectivity index (χ2v) is 7.50. The number of hydroxylamine groups is 1. The first-order valence-corrected chi connectivity index (χ1v) is 9.77. The van der Waals surface area contributed by atoms with Gasteiger partial charge < -0.3 is 5.32 Å². The summed E-state index contributed by atoms with van der Waals surface area (Å²) >= 11 is 0.865. The lowest BCUT2D eigenvalue weighted by Gasteiger charge is -2.07. The van der Waals surface area contributed by atoms with Crippen molar-refractivity contribution in [3.63, 3.8) is 0 Å². The predicted molar refractivity (Wildman–Crippen MR) is 106 cm³/mol. The molecule has 0 saturated heterocycles. The van der Waals surface area contributed by atoms with Crippen molar-refractivity contribution in [2.24, 2.45) is 7.05 Å². The Labute approximate surface area is 165 Å². The van der Waals surface area contributed by atoms with Crippen molar-refractivity contribution >= 4 is 29.0 Å². The van der Waals surface area contributed by atoms with E-state index in [1.54, 1.807) is 36.8 Å². The highest BCUT2D eigenvalue weighted by Crippen LogP contribution is 2.12. The zero-order valence-corrected chi connectivity index (χ0v) is 16.5. The van der Waals surface area contributed by atoms with E-state index in [0.29, 0.717) is 18.5 Å². The average Bonchev–Trinajstić information content (AvgIpc) is 2.91. The third-order valence-corrected chi connectivity index (χ3v) is 5.00. The molecular formula is C18H24N4O5S. The van der Waals surface area contributed by atoms with E-state index < -0.39 is 5.91 Å². The summed E-state index contributed by atoms with van der Waals surface area (Å²) in [5.41, 5.74) is 2.69. The molecule has 0 fully saturated rings. The van der Waals surface area contributed by atoms with Gasteiger partial charge in [0, 0.05) is 37.1 Å². The number of unbranched alkanes of at least 4 members (excludes halogenated alkanes) is 3. The minimum absolute atomic E-state index is 0.0937. The molecule has 1 aromatic heterocycles. The van der Waals surface area contributed by atoms with Crippen molar-refractivity contribution in [2.45, 2.75) is 45.1 Å². The van der Waals surface area contributed by atoms with Gasteiger partial charge in [-0.25, -0.2) is 18.8 Å². The van der Waals surface area contributed by atoms with Crippen LogP contribution in [-0.4, -0.2) is 25.5 Å². The zero-order valence-electron chi connectivity index (χ0n) is 15.6. The molecule has 1 aromatic carbocycles. The maximum atomic E-state index is 12.0. The van der Waals surface area contributed by atoms with Gasteiger partial charge >= 0.3 is 10.6 Å². The quantitative estimate of drug-likeness (QED) is 0.312. The molecule has 1 heterocycles. The van der Waals surface area contributed by atoms with Gasteiger partial charge in [0.05, 0.1) is 6.54 Å². The zero-order chi connectivity index (χ0) is 20.5. The summed E-state index contributed by atoms with van der Waals surface area (Å²) in [6.45, 7) is 0.192. The highest BCUT2D eigenvalue weighted by Gasteiger charge is 2.08. The summed E-state index contributed by atoms with van der Waals surface area (Å²) in [6.07, 6.45) is 3.69. The normalized spacial score (nSPS) is 10.6.